The van der Waals surface area contributed by atoms with Gasteiger partial charge in [0.05, 0.1) is 5.75 Å². The number of thioether (sulfide) groups is 1. The maximum atomic E-state index is 12.6. The quantitative estimate of drug-likeness (QED) is 0.445. The molecule has 1 saturated heterocycles. The lowest BCUT2D eigenvalue weighted by atomic mass is 10.1. The van der Waals surface area contributed by atoms with Crippen molar-refractivity contribution in [3.05, 3.63) is 59.7 Å². The van der Waals surface area contributed by atoms with E-state index in [0.717, 1.165) is 35.3 Å². The van der Waals surface area contributed by atoms with Crippen molar-refractivity contribution in [3.8, 4) is 0 Å². The molecule has 1 heterocycles. The number of anilines is 2. The van der Waals surface area contributed by atoms with E-state index in [1.165, 1.54) is 25.7 Å². The van der Waals surface area contributed by atoms with Crippen LogP contribution in [-0.2, 0) is 9.59 Å². The van der Waals surface area contributed by atoms with Crippen LogP contribution < -0.4 is 10.2 Å². The monoisotopic (exact) mass is 424 g/mol. The molecule has 2 aromatic carbocycles. The zero-order valence-corrected chi connectivity index (χ0v) is 18.8. The Hall–Kier alpha value is -2.27. The summed E-state index contributed by atoms with van der Waals surface area (Å²) in [5.41, 5.74) is 3.89. The predicted octanol–water partition coefficient (Wildman–Crippen LogP) is 6.46. The Labute approximate surface area is 184 Å². The molecule has 160 valence electrons. The fraction of sp³-hybridized carbons (Fsp3) is 0.440. The maximum absolute atomic E-state index is 12.6. The predicted molar refractivity (Wildman–Crippen MR) is 127 cm³/mol. The first kappa shape index (κ1) is 22.4. The molecule has 0 unspecified atom stereocenters. The molecule has 0 aliphatic carbocycles. The first-order valence-corrected chi connectivity index (χ1v) is 12.0. The van der Waals surface area contributed by atoms with E-state index in [0.29, 0.717) is 12.2 Å². The maximum Gasteiger partial charge on any atom is 0.238 e. The normalized spacial score (nSPS) is 16.1. The molecule has 2 amide bonds. The minimum atomic E-state index is -0.0743. The van der Waals surface area contributed by atoms with E-state index in [2.05, 4.69) is 12.2 Å². The van der Waals surface area contributed by atoms with E-state index in [9.17, 15) is 9.59 Å². The summed E-state index contributed by atoms with van der Waals surface area (Å²) in [7, 11) is 0. The van der Waals surface area contributed by atoms with Crippen LogP contribution in [0.2, 0.25) is 0 Å². The number of unbranched alkanes of at least 4 members (excludes halogenated alkanes) is 5. The number of aryl methyl sites for hydroxylation is 1. The lowest BCUT2D eigenvalue weighted by Gasteiger charge is -2.25. The van der Waals surface area contributed by atoms with Gasteiger partial charge in [-0.2, -0.15) is 0 Å². The third kappa shape index (κ3) is 6.11. The van der Waals surface area contributed by atoms with Gasteiger partial charge in [-0.1, -0.05) is 63.3 Å². The van der Waals surface area contributed by atoms with E-state index >= 15 is 0 Å². The van der Waals surface area contributed by atoms with E-state index in [1.54, 1.807) is 11.8 Å². The molecule has 0 saturated carbocycles. The second kappa shape index (κ2) is 11.2. The van der Waals surface area contributed by atoms with Gasteiger partial charge in [-0.25, -0.2) is 0 Å². The van der Waals surface area contributed by atoms with Crippen molar-refractivity contribution in [1.29, 1.82) is 0 Å². The zero-order chi connectivity index (χ0) is 21.3. The van der Waals surface area contributed by atoms with Crippen LogP contribution in [0.5, 0.6) is 0 Å². The Morgan fingerprint density at radius 3 is 2.63 bits per heavy atom. The molecule has 0 radical (unpaired) electrons. The summed E-state index contributed by atoms with van der Waals surface area (Å²) in [5.74, 6) is 0.647. The molecule has 1 aliphatic heterocycles. The molecule has 4 nitrogen and oxygen atoms in total. The lowest BCUT2D eigenvalue weighted by Crippen LogP contribution is -2.27. The van der Waals surface area contributed by atoms with Crippen LogP contribution in [0.4, 0.5) is 11.4 Å². The molecule has 0 spiro atoms. The summed E-state index contributed by atoms with van der Waals surface area (Å²) in [6.07, 6.45) is 7.59. The van der Waals surface area contributed by atoms with Crippen LogP contribution in [0.3, 0.4) is 0 Å². The second-order valence-electron chi connectivity index (χ2n) is 7.96. The highest BCUT2D eigenvalue weighted by Gasteiger charge is 2.34. The number of carbonyl (C=O) groups excluding carboxylic acids is 2. The molecule has 30 heavy (non-hydrogen) atoms. The molecule has 0 bridgehead atoms. The van der Waals surface area contributed by atoms with E-state index in [1.807, 2.05) is 60.4 Å². The summed E-state index contributed by atoms with van der Waals surface area (Å²) in [6.45, 7) is 4.24. The zero-order valence-electron chi connectivity index (χ0n) is 18.0. The van der Waals surface area contributed by atoms with E-state index in [4.69, 9.17) is 0 Å². The van der Waals surface area contributed by atoms with Crippen molar-refractivity contribution in [1.82, 2.24) is 0 Å². The van der Waals surface area contributed by atoms with E-state index in [-0.39, 0.29) is 17.2 Å². The summed E-state index contributed by atoms with van der Waals surface area (Å²) in [5, 5.41) is 2.96. The number of hydrogen-bond donors (Lipinski definition) is 1. The first-order valence-electron chi connectivity index (χ1n) is 11.0. The van der Waals surface area contributed by atoms with Gasteiger partial charge in [-0.05, 0) is 48.7 Å². The van der Waals surface area contributed by atoms with Gasteiger partial charge in [0.1, 0.15) is 5.37 Å². The average Bonchev–Trinajstić information content (AvgIpc) is 3.12. The summed E-state index contributed by atoms with van der Waals surface area (Å²) >= 11 is 1.63. The van der Waals surface area contributed by atoms with Crippen LogP contribution >= 0.6 is 11.8 Å². The van der Waals surface area contributed by atoms with Gasteiger partial charge < -0.3 is 5.32 Å². The number of carbonyl (C=O) groups is 2. The van der Waals surface area contributed by atoms with Crippen molar-refractivity contribution >= 4 is 35.0 Å². The van der Waals surface area contributed by atoms with Gasteiger partial charge in [-0.15, -0.1) is 11.8 Å². The molecule has 0 aromatic heterocycles. The third-order valence-corrected chi connectivity index (χ3v) is 6.57. The molecule has 3 rings (SSSR count). The Morgan fingerprint density at radius 2 is 1.83 bits per heavy atom. The second-order valence-corrected chi connectivity index (χ2v) is 9.03. The van der Waals surface area contributed by atoms with Crippen molar-refractivity contribution in [2.24, 2.45) is 0 Å². The number of rotatable bonds is 10. The summed E-state index contributed by atoms with van der Waals surface area (Å²) in [6, 6.07) is 15.9. The Morgan fingerprint density at radius 1 is 1.07 bits per heavy atom. The van der Waals surface area contributed by atoms with Gasteiger partial charge in [0.15, 0.2) is 0 Å². The van der Waals surface area contributed by atoms with Crippen LogP contribution in [0.25, 0.3) is 0 Å². The number of nitrogens with one attached hydrogen (secondary N) is 1. The molecule has 2 aromatic rings. The fourth-order valence-electron chi connectivity index (χ4n) is 3.79. The van der Waals surface area contributed by atoms with Crippen LogP contribution in [-0.4, -0.2) is 17.6 Å². The Bertz CT molecular complexity index is 868. The Balaban J connectivity index is 1.62. The van der Waals surface area contributed by atoms with Crippen LogP contribution in [0.1, 0.15) is 68.4 Å². The third-order valence-electron chi connectivity index (χ3n) is 5.36. The van der Waals surface area contributed by atoms with Crippen molar-refractivity contribution < 1.29 is 9.59 Å². The number of amides is 2. The number of nitrogens with zero attached hydrogens (tertiary/aromatic N) is 1. The van der Waals surface area contributed by atoms with Crippen LogP contribution in [0, 0.1) is 6.92 Å². The molecular weight excluding hydrogens is 392 g/mol. The minimum Gasteiger partial charge on any atom is -0.326 e. The molecule has 1 N–H and O–H groups in total. The number of benzene rings is 2. The van der Waals surface area contributed by atoms with Gasteiger partial charge in [0, 0.05) is 17.8 Å². The highest BCUT2D eigenvalue weighted by atomic mass is 32.2. The molecule has 5 heteroatoms. The average molecular weight is 425 g/mol. The van der Waals surface area contributed by atoms with Gasteiger partial charge in [0.2, 0.25) is 11.8 Å². The smallest absolute Gasteiger partial charge is 0.238 e. The molecular formula is C25H32N2O2S. The van der Waals surface area contributed by atoms with Crippen molar-refractivity contribution in [2.75, 3.05) is 16.0 Å². The van der Waals surface area contributed by atoms with Crippen molar-refractivity contribution in [2.45, 2.75) is 64.2 Å². The molecule has 1 fully saturated rings. The highest BCUT2D eigenvalue weighted by Crippen LogP contribution is 2.42. The fourth-order valence-corrected chi connectivity index (χ4v) is 4.95. The summed E-state index contributed by atoms with van der Waals surface area (Å²) < 4.78 is 0. The Kier molecular flexibility index (Phi) is 8.38. The van der Waals surface area contributed by atoms with Crippen molar-refractivity contribution in [3.63, 3.8) is 0 Å². The number of hydrogen-bond acceptors (Lipinski definition) is 3. The van der Waals surface area contributed by atoms with Gasteiger partial charge in [-0.3, -0.25) is 14.5 Å². The first-order chi connectivity index (χ1) is 14.6. The summed E-state index contributed by atoms with van der Waals surface area (Å²) in [4.78, 5) is 26.8. The van der Waals surface area contributed by atoms with Crippen LogP contribution in [0.15, 0.2) is 48.5 Å². The topological polar surface area (TPSA) is 49.4 Å². The SMILES string of the molecule is CCCCCCCCC(=O)Nc1cccc([C@@H]2SCC(=O)N2c2cccc(C)c2)c1. The molecule has 1 aliphatic rings. The largest absolute Gasteiger partial charge is 0.326 e. The molecule has 1 atom stereocenters. The van der Waals surface area contributed by atoms with Gasteiger partial charge in [0.25, 0.3) is 0 Å². The van der Waals surface area contributed by atoms with E-state index < -0.39 is 0 Å². The van der Waals surface area contributed by atoms with Gasteiger partial charge >= 0.3 is 0 Å². The minimum absolute atomic E-state index is 0.0633. The standard InChI is InChI=1S/C25H32N2O2S/c1-3-4-5-6-7-8-15-23(28)26-21-13-10-12-20(17-21)25-27(24(29)18-30-25)22-14-9-11-19(2)16-22/h9-14,16-17,25H,3-8,15,18H2,1-2H3,(H,26,28)/t25-/m0/s1. The highest BCUT2D eigenvalue weighted by molar-refractivity contribution is 8.00. The lowest BCUT2D eigenvalue weighted by molar-refractivity contribution is -0.117.